The fourth-order valence-corrected chi connectivity index (χ4v) is 6.77. The van der Waals surface area contributed by atoms with Crippen molar-refractivity contribution in [3.05, 3.63) is 81.3 Å². The zero-order chi connectivity index (χ0) is 26.8. The Hall–Kier alpha value is -3.63. The van der Waals surface area contributed by atoms with Crippen LogP contribution < -0.4 is 5.73 Å². The van der Waals surface area contributed by atoms with Crippen LogP contribution in [0.25, 0.3) is 5.69 Å². The number of carbonyl (C=O) groups excluding carboxylic acids is 2. The van der Waals surface area contributed by atoms with Gasteiger partial charge in [0.2, 0.25) is 5.91 Å². The Morgan fingerprint density at radius 1 is 1.13 bits per heavy atom. The molecule has 5 aliphatic rings. The minimum atomic E-state index is -0.624. The lowest BCUT2D eigenvalue weighted by atomic mass is 9.91. The van der Waals surface area contributed by atoms with E-state index >= 15 is 0 Å². The third-order valence-electron chi connectivity index (χ3n) is 8.31. The van der Waals surface area contributed by atoms with Gasteiger partial charge < -0.3 is 15.5 Å². The van der Waals surface area contributed by atoms with Gasteiger partial charge in [-0.05, 0) is 64.5 Å². The molecule has 0 spiro atoms. The smallest absolute Gasteiger partial charge is 0.254 e. The molecule has 1 fully saturated rings. The maximum absolute atomic E-state index is 14.2. The summed E-state index contributed by atoms with van der Waals surface area (Å²) in [5, 5.41) is 5.06. The highest BCUT2D eigenvalue weighted by atomic mass is 79.9. The summed E-state index contributed by atoms with van der Waals surface area (Å²) in [5.74, 6) is 0.355. The van der Waals surface area contributed by atoms with Gasteiger partial charge in [-0.1, -0.05) is 18.7 Å². The van der Waals surface area contributed by atoms with Gasteiger partial charge in [0.25, 0.3) is 5.91 Å². The molecule has 39 heavy (non-hydrogen) atoms. The van der Waals surface area contributed by atoms with Gasteiger partial charge in [0, 0.05) is 42.5 Å². The molecule has 2 amide bonds. The summed E-state index contributed by atoms with van der Waals surface area (Å²) in [6, 6.07) is 7.72. The van der Waals surface area contributed by atoms with Crippen LogP contribution in [-0.4, -0.2) is 69.1 Å². The zero-order valence-corrected chi connectivity index (χ0v) is 23.0. The summed E-state index contributed by atoms with van der Waals surface area (Å²) >= 11 is 3.50. The van der Waals surface area contributed by atoms with Crippen molar-refractivity contribution < 1.29 is 9.59 Å². The molecule has 2 atom stereocenters. The monoisotopic (exact) mass is 585 g/mol. The molecule has 1 aromatic carbocycles. The fourth-order valence-electron chi connectivity index (χ4n) is 6.20. The molecular formula is C29H28BrN7O2. The van der Waals surface area contributed by atoms with Crippen LogP contribution >= 0.6 is 15.9 Å². The third kappa shape index (κ3) is 3.96. The number of aromatic nitrogens is 2. The molecule has 2 aliphatic carbocycles. The highest BCUT2D eigenvalue weighted by Gasteiger charge is 2.42. The van der Waals surface area contributed by atoms with Gasteiger partial charge >= 0.3 is 0 Å². The van der Waals surface area contributed by atoms with Crippen LogP contribution in [0.2, 0.25) is 0 Å². The Bertz CT molecular complexity index is 1540. The number of nitrogens with zero attached hydrogens (tertiary/aromatic N) is 6. The third-order valence-corrected chi connectivity index (χ3v) is 8.95. The highest BCUT2D eigenvalue weighted by Crippen LogP contribution is 2.41. The number of benzene rings is 1. The van der Waals surface area contributed by atoms with Gasteiger partial charge in [0.05, 0.1) is 34.7 Å². The van der Waals surface area contributed by atoms with Gasteiger partial charge in [-0.25, -0.2) is 14.7 Å². The molecule has 2 N–H and O–H groups in total. The van der Waals surface area contributed by atoms with E-state index in [0.29, 0.717) is 55.4 Å². The first-order chi connectivity index (χ1) is 18.9. The molecule has 10 heteroatoms. The van der Waals surface area contributed by atoms with Crippen molar-refractivity contribution in [1.29, 1.82) is 0 Å². The van der Waals surface area contributed by atoms with E-state index in [1.165, 1.54) is 30.8 Å². The van der Waals surface area contributed by atoms with Crippen molar-refractivity contribution in [2.45, 2.75) is 43.7 Å². The molecule has 1 aromatic heterocycles. The Balaban J connectivity index is 1.30. The molecule has 2 unspecified atom stereocenters. The number of allylic oxidation sites excluding steroid dienone is 1. The van der Waals surface area contributed by atoms with Crippen molar-refractivity contribution in [2.24, 2.45) is 15.7 Å². The minimum absolute atomic E-state index is 0.152. The Kier molecular flexibility index (Phi) is 5.78. The number of carbonyl (C=O) groups is 2. The van der Waals surface area contributed by atoms with Crippen LogP contribution in [0.4, 0.5) is 0 Å². The van der Waals surface area contributed by atoms with Gasteiger partial charge in [0.1, 0.15) is 17.7 Å². The van der Waals surface area contributed by atoms with Gasteiger partial charge in [-0.3, -0.25) is 9.59 Å². The first kappa shape index (κ1) is 24.4. The van der Waals surface area contributed by atoms with E-state index < -0.39 is 6.04 Å². The van der Waals surface area contributed by atoms with E-state index in [1.807, 2.05) is 9.58 Å². The molecule has 198 valence electrons. The van der Waals surface area contributed by atoms with Crippen molar-refractivity contribution in [1.82, 2.24) is 19.6 Å². The predicted octanol–water partition coefficient (Wildman–Crippen LogP) is 3.10. The Labute approximate surface area is 234 Å². The van der Waals surface area contributed by atoms with Crippen molar-refractivity contribution in [3.8, 4) is 5.69 Å². The predicted molar refractivity (Wildman–Crippen MR) is 152 cm³/mol. The first-order valence-corrected chi connectivity index (χ1v) is 14.2. The summed E-state index contributed by atoms with van der Waals surface area (Å²) in [6.45, 7) is 5.04. The van der Waals surface area contributed by atoms with E-state index in [-0.39, 0.29) is 17.9 Å². The first-order valence-electron chi connectivity index (χ1n) is 13.4. The second kappa shape index (κ2) is 9.24. The van der Waals surface area contributed by atoms with Crippen LogP contribution in [0.5, 0.6) is 0 Å². The molecular weight excluding hydrogens is 558 g/mol. The Morgan fingerprint density at radius 2 is 1.92 bits per heavy atom. The van der Waals surface area contributed by atoms with Crippen molar-refractivity contribution >= 4 is 39.8 Å². The second-order valence-electron chi connectivity index (χ2n) is 10.6. The van der Waals surface area contributed by atoms with E-state index in [2.05, 4.69) is 56.8 Å². The number of aliphatic imine (C=N–C) groups is 2. The number of hydrogen-bond acceptors (Lipinski definition) is 6. The lowest BCUT2D eigenvalue weighted by molar-refractivity contribution is -0.133. The molecule has 3 aliphatic heterocycles. The van der Waals surface area contributed by atoms with Gasteiger partial charge in [-0.15, -0.1) is 0 Å². The maximum Gasteiger partial charge on any atom is 0.254 e. The van der Waals surface area contributed by atoms with Gasteiger partial charge in [0.15, 0.2) is 0 Å². The largest absolute Gasteiger partial charge is 0.336 e. The molecule has 7 rings (SSSR count). The minimum Gasteiger partial charge on any atom is -0.336 e. The van der Waals surface area contributed by atoms with E-state index in [4.69, 9.17) is 10.8 Å². The quantitative estimate of drug-likeness (QED) is 0.556. The summed E-state index contributed by atoms with van der Waals surface area (Å²) in [7, 11) is 0. The van der Waals surface area contributed by atoms with Crippen LogP contribution in [-0.2, 0) is 22.4 Å². The molecule has 9 nitrogen and oxygen atoms in total. The van der Waals surface area contributed by atoms with Crippen LogP contribution in [0.15, 0.2) is 68.7 Å². The lowest BCUT2D eigenvalue weighted by Crippen LogP contribution is -2.48. The highest BCUT2D eigenvalue weighted by molar-refractivity contribution is 9.12. The SMILES string of the molecule is C=CC(=O)N1CCc2nn(-c3ccc(C4CC4)cc3)c3c2C(C1)N(C(=O)C1=C2N=CN=C2C(Br)=CC1N)CC3. The van der Waals surface area contributed by atoms with Crippen LogP contribution in [0.1, 0.15) is 47.3 Å². The van der Waals surface area contributed by atoms with E-state index in [9.17, 15) is 9.59 Å². The summed E-state index contributed by atoms with van der Waals surface area (Å²) in [4.78, 5) is 39.3. The van der Waals surface area contributed by atoms with E-state index in [1.54, 1.807) is 11.0 Å². The van der Waals surface area contributed by atoms with Crippen molar-refractivity contribution in [2.75, 3.05) is 19.6 Å². The molecule has 0 bridgehead atoms. The summed E-state index contributed by atoms with van der Waals surface area (Å²) in [5.41, 5.74) is 13.5. The van der Waals surface area contributed by atoms with Crippen LogP contribution in [0.3, 0.4) is 0 Å². The molecule has 1 saturated carbocycles. The lowest BCUT2D eigenvalue weighted by Gasteiger charge is -2.39. The number of amides is 2. The number of nitrogens with two attached hydrogens (primary N) is 1. The molecule has 0 radical (unpaired) electrons. The second-order valence-corrected chi connectivity index (χ2v) is 11.5. The molecule has 4 heterocycles. The standard InChI is InChI=1S/C29H28BrN7O2/c1-2-24(38)35-11-9-21-26-22(37(34-21)18-7-5-17(6-8-18)16-3-4-16)10-12-36(23(26)14-35)29(39)25-20(31)13-19(30)27-28(25)33-15-32-27/h2,5-8,13,15-16,20,23H,1,3-4,9-12,14,31H2. The summed E-state index contributed by atoms with van der Waals surface area (Å²) < 4.78 is 2.77. The maximum atomic E-state index is 14.2. The van der Waals surface area contributed by atoms with E-state index in [0.717, 1.165) is 27.1 Å². The normalized spacial score (nSPS) is 23.6. The van der Waals surface area contributed by atoms with Gasteiger partial charge in [-0.2, -0.15) is 5.10 Å². The molecule has 2 aromatic rings. The topological polar surface area (TPSA) is 109 Å². The molecule has 0 saturated heterocycles. The zero-order valence-electron chi connectivity index (χ0n) is 21.4. The number of hydrogen-bond donors (Lipinski definition) is 1. The Morgan fingerprint density at radius 3 is 2.67 bits per heavy atom. The fraction of sp³-hybridized carbons (Fsp3) is 0.345. The number of halogens is 1. The van der Waals surface area contributed by atoms with Crippen LogP contribution in [0, 0.1) is 0 Å². The number of fused-ring (bicyclic) bond motifs is 1. The number of rotatable bonds is 4. The van der Waals surface area contributed by atoms with Crippen molar-refractivity contribution in [3.63, 3.8) is 0 Å². The average molecular weight is 586 g/mol. The average Bonchev–Trinajstić information content (AvgIpc) is 3.61. The summed E-state index contributed by atoms with van der Waals surface area (Å²) in [6.07, 6.45) is 8.35.